The molecule has 16 heavy (non-hydrogen) atoms. The minimum absolute atomic E-state index is 0.108. The molecule has 0 saturated heterocycles. The van der Waals surface area contributed by atoms with Crippen molar-refractivity contribution in [3.05, 3.63) is 28.3 Å². The van der Waals surface area contributed by atoms with Crippen molar-refractivity contribution in [3.63, 3.8) is 0 Å². The van der Waals surface area contributed by atoms with Crippen LogP contribution in [0.3, 0.4) is 0 Å². The molecule has 0 aromatic heterocycles. The summed E-state index contributed by atoms with van der Waals surface area (Å²) in [6, 6.07) is 4.16. The largest absolute Gasteiger partial charge is 0.490 e. The number of rotatable bonds is 5. The van der Waals surface area contributed by atoms with Gasteiger partial charge in [0, 0.05) is 0 Å². The van der Waals surface area contributed by atoms with E-state index in [0.717, 1.165) is 0 Å². The number of hydrogen-bond donors (Lipinski definition) is 0. The summed E-state index contributed by atoms with van der Waals surface area (Å²) in [5.74, 6) is 0.265. The number of ether oxygens (including phenoxy) is 2. The van der Waals surface area contributed by atoms with E-state index >= 15 is 0 Å². The van der Waals surface area contributed by atoms with Crippen molar-refractivity contribution in [1.82, 2.24) is 0 Å². The van der Waals surface area contributed by atoms with Crippen molar-refractivity contribution in [2.45, 2.75) is 6.92 Å². The lowest BCUT2D eigenvalue weighted by Crippen LogP contribution is -2.06. The average Bonchev–Trinajstić information content (AvgIpc) is 2.25. The molecule has 0 aliphatic carbocycles. The van der Waals surface area contributed by atoms with Gasteiger partial charge in [0.15, 0.2) is 11.5 Å². The molecule has 0 aliphatic heterocycles. The van der Waals surface area contributed by atoms with Crippen LogP contribution in [0.1, 0.15) is 6.92 Å². The minimum Gasteiger partial charge on any atom is -0.490 e. The van der Waals surface area contributed by atoms with Crippen LogP contribution in [0.5, 0.6) is 11.5 Å². The zero-order valence-electron chi connectivity index (χ0n) is 8.93. The molecule has 0 aliphatic rings. The Labute approximate surface area is 91.9 Å². The summed E-state index contributed by atoms with van der Waals surface area (Å²) < 4.78 is 9.87. The van der Waals surface area contributed by atoms with Gasteiger partial charge in [-0.25, -0.2) is 0 Å². The Kier molecular flexibility index (Phi) is 3.82. The first-order valence-corrected chi connectivity index (χ1v) is 4.49. The molecule has 0 unspecified atom stereocenters. The summed E-state index contributed by atoms with van der Waals surface area (Å²) in [7, 11) is 1.35. The zero-order chi connectivity index (χ0) is 12.1. The third-order valence-corrected chi connectivity index (χ3v) is 1.79. The van der Waals surface area contributed by atoms with Crippen LogP contribution in [0.4, 0.5) is 5.69 Å². The predicted molar refractivity (Wildman–Crippen MR) is 55.8 cm³/mol. The van der Waals surface area contributed by atoms with Crippen LogP contribution in [-0.2, 0) is 4.79 Å². The highest BCUT2D eigenvalue weighted by atomic mass is 16.6. The smallest absolute Gasteiger partial charge is 0.314 e. The second-order valence-electron chi connectivity index (χ2n) is 3.08. The molecular weight excluding hydrogens is 214 g/mol. The van der Waals surface area contributed by atoms with Gasteiger partial charge in [-0.2, -0.15) is 0 Å². The summed E-state index contributed by atoms with van der Waals surface area (Å²) in [5.41, 5.74) is -0.191. The fourth-order valence-corrected chi connectivity index (χ4v) is 1.09. The summed E-state index contributed by atoms with van der Waals surface area (Å²) in [5, 5.41) is 10.7. The first kappa shape index (κ1) is 12.0. The van der Waals surface area contributed by atoms with E-state index in [0.29, 0.717) is 0 Å². The van der Waals surface area contributed by atoms with E-state index in [1.54, 1.807) is 0 Å². The Bertz CT molecular complexity index is 416. The molecule has 0 bridgehead atoms. The van der Waals surface area contributed by atoms with E-state index in [2.05, 4.69) is 0 Å². The molecule has 6 nitrogen and oxygen atoms in total. The maximum Gasteiger partial charge on any atom is 0.314 e. The van der Waals surface area contributed by atoms with Gasteiger partial charge < -0.3 is 9.47 Å². The number of methoxy groups -OCH3 is 1. The Hall–Kier alpha value is -2.11. The van der Waals surface area contributed by atoms with Crippen LogP contribution in [0.25, 0.3) is 0 Å². The van der Waals surface area contributed by atoms with Gasteiger partial charge in [-0.3, -0.25) is 14.9 Å². The molecule has 1 aromatic carbocycles. The Morgan fingerprint density at radius 1 is 1.50 bits per heavy atom. The third kappa shape index (κ3) is 2.94. The number of nitro groups is 1. The number of ketones is 1. The van der Waals surface area contributed by atoms with Crippen LogP contribution >= 0.6 is 0 Å². The van der Waals surface area contributed by atoms with Crippen LogP contribution in [0.2, 0.25) is 0 Å². The van der Waals surface area contributed by atoms with Crippen molar-refractivity contribution >= 4 is 11.5 Å². The number of benzene rings is 1. The zero-order valence-corrected chi connectivity index (χ0v) is 8.93. The standard InChI is InChI=1S/C10H11NO5/c1-7(12)6-16-8-3-4-10(15-2)9(5-8)11(13)14/h3-5H,6H2,1-2H3. The van der Waals surface area contributed by atoms with Crippen molar-refractivity contribution in [1.29, 1.82) is 0 Å². The topological polar surface area (TPSA) is 78.7 Å². The molecule has 1 aromatic rings. The first-order chi connectivity index (χ1) is 7.54. The maximum atomic E-state index is 10.7. The molecule has 0 heterocycles. The highest BCUT2D eigenvalue weighted by molar-refractivity contribution is 5.77. The van der Waals surface area contributed by atoms with Crippen molar-refractivity contribution in [2.75, 3.05) is 13.7 Å². The minimum atomic E-state index is -0.570. The molecule has 1 rings (SSSR count). The second kappa shape index (κ2) is 5.11. The van der Waals surface area contributed by atoms with Gasteiger partial charge in [-0.1, -0.05) is 0 Å². The number of carbonyl (C=O) groups excluding carboxylic acids is 1. The molecule has 0 fully saturated rings. The molecule has 0 atom stereocenters. The Balaban J connectivity index is 2.93. The number of carbonyl (C=O) groups is 1. The van der Waals surface area contributed by atoms with Crippen molar-refractivity contribution in [2.24, 2.45) is 0 Å². The van der Waals surface area contributed by atoms with Gasteiger partial charge in [-0.15, -0.1) is 0 Å². The van der Waals surface area contributed by atoms with Gasteiger partial charge in [0.1, 0.15) is 12.4 Å². The monoisotopic (exact) mass is 225 g/mol. The van der Waals surface area contributed by atoms with Crippen LogP contribution in [0.15, 0.2) is 18.2 Å². The van der Waals surface area contributed by atoms with E-state index in [9.17, 15) is 14.9 Å². The molecule has 0 amide bonds. The number of hydrogen-bond acceptors (Lipinski definition) is 5. The van der Waals surface area contributed by atoms with E-state index in [1.165, 1.54) is 32.2 Å². The van der Waals surface area contributed by atoms with Crippen molar-refractivity contribution in [3.8, 4) is 11.5 Å². The SMILES string of the molecule is COc1ccc(OCC(C)=O)cc1[N+](=O)[O-]. The van der Waals surface area contributed by atoms with E-state index in [-0.39, 0.29) is 29.6 Å². The average molecular weight is 225 g/mol. The lowest BCUT2D eigenvalue weighted by Gasteiger charge is -2.05. The molecule has 6 heteroatoms. The predicted octanol–water partition coefficient (Wildman–Crippen LogP) is 1.57. The van der Waals surface area contributed by atoms with E-state index in [4.69, 9.17) is 9.47 Å². The molecule has 0 saturated carbocycles. The maximum absolute atomic E-state index is 10.7. The quantitative estimate of drug-likeness (QED) is 0.561. The van der Waals surface area contributed by atoms with Crippen LogP contribution < -0.4 is 9.47 Å². The van der Waals surface area contributed by atoms with Gasteiger partial charge >= 0.3 is 5.69 Å². The van der Waals surface area contributed by atoms with Gasteiger partial charge in [0.05, 0.1) is 18.1 Å². The van der Waals surface area contributed by atoms with Gasteiger partial charge in [-0.05, 0) is 19.1 Å². The second-order valence-corrected chi connectivity index (χ2v) is 3.08. The Morgan fingerprint density at radius 3 is 2.69 bits per heavy atom. The lowest BCUT2D eigenvalue weighted by atomic mass is 10.3. The van der Waals surface area contributed by atoms with E-state index in [1.807, 2.05) is 0 Å². The highest BCUT2D eigenvalue weighted by Gasteiger charge is 2.15. The first-order valence-electron chi connectivity index (χ1n) is 4.49. The van der Waals surface area contributed by atoms with Gasteiger partial charge in [0.2, 0.25) is 0 Å². The van der Waals surface area contributed by atoms with Crippen LogP contribution in [-0.4, -0.2) is 24.4 Å². The molecule has 0 N–H and O–H groups in total. The molecular formula is C10H11NO5. The summed E-state index contributed by atoms with van der Waals surface area (Å²) in [4.78, 5) is 20.8. The van der Waals surface area contributed by atoms with E-state index < -0.39 is 4.92 Å². The van der Waals surface area contributed by atoms with Crippen molar-refractivity contribution < 1.29 is 19.2 Å². The molecule has 0 radical (unpaired) electrons. The number of nitro benzene ring substituents is 1. The summed E-state index contributed by atoms with van der Waals surface area (Å²) >= 11 is 0. The lowest BCUT2D eigenvalue weighted by molar-refractivity contribution is -0.385. The fourth-order valence-electron chi connectivity index (χ4n) is 1.09. The highest BCUT2D eigenvalue weighted by Crippen LogP contribution is 2.30. The number of nitrogens with zero attached hydrogens (tertiary/aromatic N) is 1. The molecule has 86 valence electrons. The third-order valence-electron chi connectivity index (χ3n) is 1.79. The van der Waals surface area contributed by atoms with Crippen LogP contribution in [0, 0.1) is 10.1 Å². The normalized spacial score (nSPS) is 9.62. The summed E-state index contributed by atoms with van der Waals surface area (Å²) in [6.45, 7) is 1.27. The van der Waals surface area contributed by atoms with Gasteiger partial charge in [0.25, 0.3) is 0 Å². The summed E-state index contributed by atoms with van der Waals surface area (Å²) in [6.07, 6.45) is 0. The Morgan fingerprint density at radius 2 is 2.19 bits per heavy atom. The fraction of sp³-hybridized carbons (Fsp3) is 0.300. The number of Topliss-reactive ketones (excluding diaryl/α,β-unsaturated/α-hetero) is 1. The molecule has 0 spiro atoms.